The lowest BCUT2D eigenvalue weighted by Crippen LogP contribution is -2.35. The molecule has 0 saturated heterocycles. The Kier molecular flexibility index (Phi) is 7.37. The lowest BCUT2D eigenvalue weighted by atomic mass is 10.0. The highest BCUT2D eigenvalue weighted by atomic mass is 32.2. The average Bonchev–Trinajstić information content (AvgIpc) is 2.37. The van der Waals surface area contributed by atoms with Gasteiger partial charge in [-0.05, 0) is 38.5 Å². The molecule has 0 radical (unpaired) electrons. The van der Waals surface area contributed by atoms with Gasteiger partial charge in [-0.3, -0.25) is 0 Å². The molecule has 0 amide bonds. The van der Waals surface area contributed by atoms with Gasteiger partial charge in [0.15, 0.2) is 9.84 Å². The van der Waals surface area contributed by atoms with E-state index < -0.39 is 9.84 Å². The third-order valence-electron chi connectivity index (χ3n) is 4.12. The number of sulfone groups is 1. The minimum Gasteiger partial charge on any atom is -0.313 e. The third kappa shape index (κ3) is 6.75. The summed E-state index contributed by atoms with van der Waals surface area (Å²) in [6.45, 7) is 7.20. The zero-order valence-corrected chi connectivity index (χ0v) is 13.6. The van der Waals surface area contributed by atoms with Gasteiger partial charge in [-0.1, -0.05) is 33.1 Å². The van der Waals surface area contributed by atoms with Crippen LogP contribution < -0.4 is 5.32 Å². The molecule has 0 aliphatic heterocycles. The minimum atomic E-state index is -2.87. The summed E-state index contributed by atoms with van der Waals surface area (Å²) in [6.07, 6.45) is 7.46. The summed E-state index contributed by atoms with van der Waals surface area (Å²) in [7, 11) is -2.87. The summed E-state index contributed by atoms with van der Waals surface area (Å²) in [5.74, 6) is 1.03. The molecule has 1 unspecified atom stereocenters. The summed E-state index contributed by atoms with van der Waals surface area (Å²) in [4.78, 5) is 0. The van der Waals surface area contributed by atoms with Crippen molar-refractivity contribution >= 4 is 9.84 Å². The molecule has 0 bridgehead atoms. The molecule has 4 heteroatoms. The molecule has 0 aromatic rings. The van der Waals surface area contributed by atoms with E-state index in [9.17, 15) is 8.42 Å². The van der Waals surface area contributed by atoms with Crippen LogP contribution in [0.2, 0.25) is 0 Å². The summed E-state index contributed by atoms with van der Waals surface area (Å²) in [5.41, 5.74) is 0. The van der Waals surface area contributed by atoms with E-state index in [0.717, 1.165) is 38.0 Å². The van der Waals surface area contributed by atoms with Gasteiger partial charge in [-0.15, -0.1) is 0 Å². The van der Waals surface area contributed by atoms with Crippen molar-refractivity contribution in [1.29, 1.82) is 0 Å². The first kappa shape index (κ1) is 17.0. The van der Waals surface area contributed by atoms with Crippen LogP contribution in [0.1, 0.15) is 65.7 Å². The van der Waals surface area contributed by atoms with Gasteiger partial charge < -0.3 is 5.32 Å². The van der Waals surface area contributed by atoms with E-state index in [1.165, 1.54) is 12.8 Å². The van der Waals surface area contributed by atoms with E-state index in [-0.39, 0.29) is 5.25 Å². The van der Waals surface area contributed by atoms with Crippen LogP contribution >= 0.6 is 0 Å². The van der Waals surface area contributed by atoms with Crippen molar-refractivity contribution in [3.63, 3.8) is 0 Å². The molecule has 1 N–H and O–H groups in total. The van der Waals surface area contributed by atoms with Gasteiger partial charge in [0, 0.05) is 12.6 Å². The second kappa shape index (κ2) is 8.25. The van der Waals surface area contributed by atoms with Crippen LogP contribution in [0.15, 0.2) is 0 Å². The van der Waals surface area contributed by atoms with Crippen molar-refractivity contribution in [2.24, 2.45) is 5.92 Å². The van der Waals surface area contributed by atoms with E-state index in [1.54, 1.807) is 0 Å². The van der Waals surface area contributed by atoms with Crippen molar-refractivity contribution in [2.45, 2.75) is 77.0 Å². The highest BCUT2D eigenvalue weighted by Gasteiger charge is 2.26. The van der Waals surface area contributed by atoms with Crippen molar-refractivity contribution in [3.8, 4) is 0 Å². The fourth-order valence-corrected chi connectivity index (χ4v) is 4.51. The second-order valence-electron chi connectivity index (χ2n) is 6.45. The monoisotopic (exact) mass is 289 g/mol. The van der Waals surface area contributed by atoms with Crippen LogP contribution in [0, 0.1) is 5.92 Å². The Morgan fingerprint density at radius 2 is 1.68 bits per heavy atom. The van der Waals surface area contributed by atoms with E-state index in [1.807, 2.05) is 0 Å². The Hall–Kier alpha value is -0.0900. The maximum absolute atomic E-state index is 12.2. The van der Waals surface area contributed by atoms with Gasteiger partial charge >= 0.3 is 0 Å². The quantitative estimate of drug-likeness (QED) is 0.746. The Morgan fingerprint density at radius 3 is 2.26 bits per heavy atom. The predicted octanol–water partition coefficient (Wildman–Crippen LogP) is 3.15. The Bertz CT molecular complexity index is 332. The summed E-state index contributed by atoms with van der Waals surface area (Å²) < 4.78 is 24.4. The molecule has 0 aromatic carbocycles. The molecule has 1 fully saturated rings. The molecule has 1 atom stereocenters. The summed E-state index contributed by atoms with van der Waals surface area (Å²) in [5, 5.41) is 3.29. The SMILES string of the molecule is CC(C)CCC(C)NCCS(=O)(=O)C1CCCCC1. The van der Waals surface area contributed by atoms with Crippen molar-refractivity contribution in [2.75, 3.05) is 12.3 Å². The molecule has 0 heterocycles. The van der Waals surface area contributed by atoms with Crippen LogP contribution in [0.5, 0.6) is 0 Å². The van der Waals surface area contributed by atoms with Gasteiger partial charge in [0.25, 0.3) is 0 Å². The van der Waals surface area contributed by atoms with Crippen LogP contribution in [0.25, 0.3) is 0 Å². The van der Waals surface area contributed by atoms with E-state index in [0.29, 0.717) is 18.3 Å². The second-order valence-corrected chi connectivity index (χ2v) is 8.85. The zero-order chi connectivity index (χ0) is 14.3. The van der Waals surface area contributed by atoms with Gasteiger partial charge in [-0.2, -0.15) is 0 Å². The Labute approximate surface area is 119 Å². The standard InChI is InChI=1S/C15H31NO2S/c1-13(2)9-10-14(3)16-11-12-19(17,18)15-7-5-4-6-8-15/h13-16H,4-12H2,1-3H3. The third-order valence-corrected chi connectivity index (χ3v) is 6.38. The van der Waals surface area contributed by atoms with Gasteiger partial charge in [0.2, 0.25) is 0 Å². The first-order valence-electron chi connectivity index (χ1n) is 7.86. The maximum atomic E-state index is 12.2. The Morgan fingerprint density at radius 1 is 1.05 bits per heavy atom. The van der Waals surface area contributed by atoms with Crippen LogP contribution in [-0.4, -0.2) is 32.0 Å². The van der Waals surface area contributed by atoms with Gasteiger partial charge in [0.1, 0.15) is 0 Å². The first-order valence-corrected chi connectivity index (χ1v) is 9.58. The summed E-state index contributed by atoms with van der Waals surface area (Å²) >= 11 is 0. The van der Waals surface area contributed by atoms with Crippen LogP contribution in [0.3, 0.4) is 0 Å². The molecule has 19 heavy (non-hydrogen) atoms. The number of hydrogen-bond acceptors (Lipinski definition) is 3. The lowest BCUT2D eigenvalue weighted by Gasteiger charge is -2.22. The van der Waals surface area contributed by atoms with Gasteiger partial charge in [-0.25, -0.2) is 8.42 Å². The zero-order valence-electron chi connectivity index (χ0n) is 12.8. The Balaban J connectivity index is 2.23. The van der Waals surface area contributed by atoms with Crippen molar-refractivity contribution in [3.05, 3.63) is 0 Å². The molecule has 0 aromatic heterocycles. The maximum Gasteiger partial charge on any atom is 0.154 e. The minimum absolute atomic E-state index is 0.0611. The van der Waals surface area contributed by atoms with Crippen molar-refractivity contribution in [1.82, 2.24) is 5.32 Å². The molecule has 1 saturated carbocycles. The molecule has 1 aliphatic carbocycles. The van der Waals surface area contributed by atoms with Gasteiger partial charge in [0.05, 0.1) is 11.0 Å². The predicted molar refractivity (Wildman–Crippen MR) is 82.2 cm³/mol. The highest BCUT2D eigenvalue weighted by Crippen LogP contribution is 2.24. The molecular weight excluding hydrogens is 258 g/mol. The van der Waals surface area contributed by atoms with E-state index in [2.05, 4.69) is 26.1 Å². The number of rotatable bonds is 8. The lowest BCUT2D eigenvalue weighted by molar-refractivity contribution is 0.455. The average molecular weight is 289 g/mol. The highest BCUT2D eigenvalue weighted by molar-refractivity contribution is 7.92. The van der Waals surface area contributed by atoms with Crippen LogP contribution in [-0.2, 0) is 9.84 Å². The molecule has 1 aliphatic rings. The molecular formula is C15H31NO2S. The van der Waals surface area contributed by atoms with E-state index in [4.69, 9.17) is 0 Å². The number of nitrogens with one attached hydrogen (secondary N) is 1. The fraction of sp³-hybridized carbons (Fsp3) is 1.00. The molecule has 3 nitrogen and oxygen atoms in total. The first-order chi connectivity index (χ1) is 8.92. The van der Waals surface area contributed by atoms with Crippen molar-refractivity contribution < 1.29 is 8.42 Å². The molecule has 0 spiro atoms. The topological polar surface area (TPSA) is 46.2 Å². The smallest absolute Gasteiger partial charge is 0.154 e. The number of hydrogen-bond donors (Lipinski definition) is 1. The normalized spacial score (nSPS) is 19.8. The molecule has 1 rings (SSSR count). The summed E-state index contributed by atoms with van der Waals surface area (Å²) in [6, 6.07) is 0.420. The largest absolute Gasteiger partial charge is 0.313 e. The van der Waals surface area contributed by atoms with E-state index >= 15 is 0 Å². The fourth-order valence-electron chi connectivity index (χ4n) is 2.72. The molecule has 114 valence electrons. The van der Waals surface area contributed by atoms with Crippen LogP contribution in [0.4, 0.5) is 0 Å².